The number of aliphatic imine (C=N–C) groups is 1. The number of likely N-dealkylation sites (tertiary alicyclic amines) is 1. The normalized spacial score (nSPS) is 20.0. The van der Waals surface area contributed by atoms with Crippen LogP contribution in [0.1, 0.15) is 17.7 Å². The minimum atomic E-state index is 0.753. The molecule has 2 saturated heterocycles. The zero-order valence-electron chi connectivity index (χ0n) is 16.7. The Morgan fingerprint density at radius 3 is 2.43 bits per heavy atom. The van der Waals surface area contributed by atoms with Gasteiger partial charge in [0, 0.05) is 51.2 Å². The quantitative estimate of drug-likeness (QED) is 0.597. The Morgan fingerprint density at radius 1 is 1.04 bits per heavy atom. The number of rotatable bonds is 5. The van der Waals surface area contributed by atoms with Gasteiger partial charge in [-0.05, 0) is 60.8 Å². The highest BCUT2D eigenvalue weighted by Crippen LogP contribution is 2.23. The second-order valence-corrected chi connectivity index (χ2v) is 9.61. The lowest BCUT2D eigenvalue weighted by molar-refractivity contribution is 0.178. The Balaban J connectivity index is 1.18. The van der Waals surface area contributed by atoms with Gasteiger partial charge in [-0.3, -0.25) is 9.89 Å². The predicted molar refractivity (Wildman–Crippen MR) is 122 cm³/mol. The summed E-state index contributed by atoms with van der Waals surface area (Å²) < 4.78 is 0. The van der Waals surface area contributed by atoms with Crippen LogP contribution in [0.3, 0.4) is 0 Å². The van der Waals surface area contributed by atoms with E-state index in [1.54, 1.807) is 0 Å². The predicted octanol–water partition coefficient (Wildman–Crippen LogP) is 3.42. The minimum Gasteiger partial charge on any atom is -0.360 e. The van der Waals surface area contributed by atoms with Crippen molar-refractivity contribution in [1.82, 2.24) is 15.1 Å². The van der Waals surface area contributed by atoms with Crippen molar-refractivity contribution in [1.29, 1.82) is 0 Å². The molecule has 2 aliphatic heterocycles. The van der Waals surface area contributed by atoms with Gasteiger partial charge in [0.05, 0.1) is 5.00 Å². The van der Waals surface area contributed by atoms with E-state index in [0.717, 1.165) is 51.1 Å². The number of piperidine rings is 1. The van der Waals surface area contributed by atoms with Gasteiger partial charge < -0.3 is 15.1 Å². The lowest BCUT2D eigenvalue weighted by atomic mass is 9.97. The largest absolute Gasteiger partial charge is 0.360 e. The summed E-state index contributed by atoms with van der Waals surface area (Å²) in [6.45, 7) is 8.81. The number of guanidine groups is 1. The number of hydrogen-bond acceptors (Lipinski definition) is 5. The van der Waals surface area contributed by atoms with E-state index < -0.39 is 0 Å². The molecule has 0 spiro atoms. The van der Waals surface area contributed by atoms with E-state index in [2.05, 4.69) is 60.0 Å². The molecule has 0 amide bonds. The zero-order valence-corrected chi connectivity index (χ0v) is 18.4. The Bertz CT molecular complexity index is 712. The van der Waals surface area contributed by atoms with Gasteiger partial charge in [0.25, 0.3) is 0 Å². The third-order valence-electron chi connectivity index (χ3n) is 5.82. The third-order valence-corrected chi connectivity index (χ3v) is 7.61. The molecule has 7 heteroatoms. The number of hydrogen-bond donors (Lipinski definition) is 1. The molecule has 0 unspecified atom stereocenters. The van der Waals surface area contributed by atoms with Crippen LogP contribution in [0, 0.1) is 5.92 Å². The molecule has 2 fully saturated rings. The van der Waals surface area contributed by atoms with Crippen LogP contribution < -0.4 is 10.2 Å². The highest BCUT2D eigenvalue weighted by Gasteiger charge is 2.23. The summed E-state index contributed by atoms with van der Waals surface area (Å²) in [5.41, 5.74) is 0. The van der Waals surface area contributed by atoms with Crippen LogP contribution >= 0.6 is 22.7 Å². The first-order valence-corrected chi connectivity index (χ1v) is 12.1. The summed E-state index contributed by atoms with van der Waals surface area (Å²) in [6, 6.07) is 8.76. The first kappa shape index (κ1) is 19.7. The second kappa shape index (κ2) is 9.76. The Hall–Kier alpha value is -1.57. The number of piperazine rings is 1. The molecule has 2 aromatic rings. The van der Waals surface area contributed by atoms with Crippen LogP contribution in [0.5, 0.6) is 0 Å². The fraction of sp³-hybridized carbons (Fsp3) is 0.571. The maximum Gasteiger partial charge on any atom is 0.193 e. The van der Waals surface area contributed by atoms with Crippen LogP contribution in [-0.2, 0) is 6.54 Å². The van der Waals surface area contributed by atoms with Crippen LogP contribution in [0.25, 0.3) is 0 Å². The molecule has 152 valence electrons. The van der Waals surface area contributed by atoms with Gasteiger partial charge in [-0.2, -0.15) is 0 Å². The van der Waals surface area contributed by atoms with E-state index in [0.29, 0.717) is 0 Å². The van der Waals surface area contributed by atoms with Crippen molar-refractivity contribution in [2.75, 3.05) is 57.8 Å². The van der Waals surface area contributed by atoms with E-state index in [9.17, 15) is 0 Å². The molecular weight excluding hydrogens is 386 g/mol. The summed E-state index contributed by atoms with van der Waals surface area (Å²) in [7, 11) is 1.91. The fourth-order valence-electron chi connectivity index (χ4n) is 4.13. The molecule has 0 aliphatic carbocycles. The molecule has 4 rings (SSSR count). The number of thiophene rings is 2. The van der Waals surface area contributed by atoms with E-state index in [1.807, 2.05) is 29.7 Å². The van der Waals surface area contributed by atoms with Crippen molar-refractivity contribution in [2.45, 2.75) is 19.4 Å². The van der Waals surface area contributed by atoms with Crippen LogP contribution in [0.15, 0.2) is 40.0 Å². The fourth-order valence-corrected chi connectivity index (χ4v) is 5.66. The van der Waals surface area contributed by atoms with Gasteiger partial charge in [0.1, 0.15) is 0 Å². The molecule has 2 aliphatic rings. The van der Waals surface area contributed by atoms with Crippen molar-refractivity contribution >= 4 is 33.6 Å². The monoisotopic (exact) mass is 417 g/mol. The van der Waals surface area contributed by atoms with Crippen molar-refractivity contribution < 1.29 is 0 Å². The summed E-state index contributed by atoms with van der Waals surface area (Å²) in [4.78, 5) is 13.5. The average Bonchev–Trinajstić information content (AvgIpc) is 3.44. The van der Waals surface area contributed by atoms with E-state index in [-0.39, 0.29) is 0 Å². The Kier molecular flexibility index (Phi) is 6.88. The molecule has 0 radical (unpaired) electrons. The third kappa shape index (κ3) is 5.07. The Morgan fingerprint density at radius 2 is 1.79 bits per heavy atom. The van der Waals surface area contributed by atoms with E-state index >= 15 is 0 Å². The molecule has 0 atom stereocenters. The highest BCUT2D eigenvalue weighted by atomic mass is 32.1. The highest BCUT2D eigenvalue weighted by molar-refractivity contribution is 7.14. The molecular formula is C21H31N5S2. The summed E-state index contributed by atoms with van der Waals surface area (Å²) in [5, 5.41) is 9.39. The van der Waals surface area contributed by atoms with E-state index in [1.165, 1.54) is 35.8 Å². The van der Waals surface area contributed by atoms with Crippen LogP contribution in [0.4, 0.5) is 5.00 Å². The zero-order chi connectivity index (χ0) is 19.2. The van der Waals surface area contributed by atoms with Crippen molar-refractivity contribution in [3.63, 3.8) is 0 Å². The SMILES string of the molecule is CN=C(NCC1CCN(Cc2cccs2)CC1)N1CCN(c2cccs2)CC1. The topological polar surface area (TPSA) is 34.1 Å². The first-order chi connectivity index (χ1) is 13.8. The summed E-state index contributed by atoms with van der Waals surface area (Å²) >= 11 is 3.70. The number of nitrogens with zero attached hydrogens (tertiary/aromatic N) is 4. The van der Waals surface area contributed by atoms with Gasteiger partial charge in [-0.15, -0.1) is 22.7 Å². The maximum atomic E-state index is 4.56. The van der Waals surface area contributed by atoms with Gasteiger partial charge in [0.2, 0.25) is 0 Å². The molecule has 0 bridgehead atoms. The van der Waals surface area contributed by atoms with E-state index in [4.69, 9.17) is 0 Å². The minimum absolute atomic E-state index is 0.753. The summed E-state index contributed by atoms with van der Waals surface area (Å²) in [6.07, 6.45) is 2.56. The van der Waals surface area contributed by atoms with Crippen molar-refractivity contribution in [3.8, 4) is 0 Å². The van der Waals surface area contributed by atoms with Crippen molar-refractivity contribution in [2.24, 2.45) is 10.9 Å². The molecule has 28 heavy (non-hydrogen) atoms. The van der Waals surface area contributed by atoms with Gasteiger partial charge in [-0.1, -0.05) is 6.07 Å². The van der Waals surface area contributed by atoms with Crippen LogP contribution in [-0.4, -0.2) is 68.6 Å². The maximum absolute atomic E-state index is 4.56. The molecule has 0 saturated carbocycles. The average molecular weight is 418 g/mol. The second-order valence-electron chi connectivity index (χ2n) is 7.65. The lowest BCUT2D eigenvalue weighted by Crippen LogP contribution is -2.53. The lowest BCUT2D eigenvalue weighted by Gasteiger charge is -2.38. The smallest absolute Gasteiger partial charge is 0.193 e. The van der Waals surface area contributed by atoms with Crippen molar-refractivity contribution in [3.05, 3.63) is 39.9 Å². The number of anilines is 1. The Labute approximate surface area is 176 Å². The summed E-state index contributed by atoms with van der Waals surface area (Å²) in [5.74, 6) is 1.83. The van der Waals surface area contributed by atoms with Gasteiger partial charge in [-0.25, -0.2) is 0 Å². The standard InChI is InChI=1S/C21H31N5S2/c1-22-21(26-12-10-25(11-13-26)20-5-3-15-28-20)23-16-18-6-8-24(9-7-18)17-19-4-2-14-27-19/h2-5,14-15,18H,6-13,16-17H2,1H3,(H,22,23). The molecule has 2 aromatic heterocycles. The molecule has 0 aromatic carbocycles. The van der Waals surface area contributed by atoms with Crippen LogP contribution in [0.2, 0.25) is 0 Å². The molecule has 1 N–H and O–H groups in total. The van der Waals surface area contributed by atoms with Gasteiger partial charge >= 0.3 is 0 Å². The van der Waals surface area contributed by atoms with Gasteiger partial charge in [0.15, 0.2) is 5.96 Å². The molecule has 4 heterocycles. The number of nitrogens with one attached hydrogen (secondary N) is 1. The molecule has 5 nitrogen and oxygen atoms in total. The first-order valence-electron chi connectivity index (χ1n) is 10.3.